The van der Waals surface area contributed by atoms with Gasteiger partial charge in [0.15, 0.2) is 0 Å². The molecule has 11 heteroatoms. The van der Waals surface area contributed by atoms with Crippen LogP contribution < -0.4 is 15.1 Å². The van der Waals surface area contributed by atoms with Crippen LogP contribution in [-0.2, 0) is 4.74 Å². The van der Waals surface area contributed by atoms with Gasteiger partial charge in [0.05, 0.1) is 24.7 Å². The third kappa shape index (κ3) is 3.66. The van der Waals surface area contributed by atoms with Gasteiger partial charge in [0.1, 0.15) is 41.5 Å². The number of aliphatic hydroxyl groups excluding tert-OH is 4. The average Bonchev–Trinajstić information content (AvgIpc) is 2.78. The number of hydrogen-bond donors (Lipinski definition) is 5. The monoisotopic (exact) mass is 448 g/mol. The Bertz CT molecular complexity index is 1230. The largest absolute Gasteiger partial charge is 0.497 e. The minimum absolute atomic E-state index is 0.0906. The number of hydrogen-bond acceptors (Lipinski definition) is 10. The molecular formula is C21H20O11. The molecule has 0 amide bonds. The second-order valence-electron chi connectivity index (χ2n) is 7.27. The fourth-order valence-electron chi connectivity index (χ4n) is 3.68. The molecule has 1 aliphatic heterocycles. The van der Waals surface area contributed by atoms with Gasteiger partial charge < -0.3 is 44.2 Å². The molecule has 32 heavy (non-hydrogen) atoms. The van der Waals surface area contributed by atoms with Crippen molar-refractivity contribution in [2.24, 2.45) is 0 Å². The molecule has 11 nitrogen and oxygen atoms in total. The molecule has 1 saturated heterocycles. The highest BCUT2D eigenvalue weighted by Gasteiger charge is 2.44. The van der Waals surface area contributed by atoms with Crippen LogP contribution in [0, 0.1) is 0 Å². The zero-order chi connectivity index (χ0) is 23.2. The number of methoxy groups -OCH3 is 1. The van der Waals surface area contributed by atoms with Gasteiger partial charge >= 0.3 is 11.6 Å². The molecule has 1 fully saturated rings. The zero-order valence-electron chi connectivity index (χ0n) is 16.7. The van der Waals surface area contributed by atoms with E-state index in [4.69, 9.17) is 18.6 Å². The van der Waals surface area contributed by atoms with Crippen molar-refractivity contribution in [3.63, 3.8) is 0 Å². The minimum Gasteiger partial charge on any atom is -0.497 e. The van der Waals surface area contributed by atoms with Gasteiger partial charge in [0, 0.05) is 16.8 Å². The Hall–Kier alpha value is -3.22. The van der Waals surface area contributed by atoms with Gasteiger partial charge in [0.25, 0.3) is 0 Å². The first kappa shape index (κ1) is 22.0. The Morgan fingerprint density at radius 3 is 2.44 bits per heavy atom. The summed E-state index contributed by atoms with van der Waals surface area (Å²) in [6, 6.07) is 6.94. The second kappa shape index (κ2) is 8.37. The normalized spacial score (nSPS) is 25.7. The maximum absolute atomic E-state index is 12.5. The Kier molecular flexibility index (Phi) is 5.75. The van der Waals surface area contributed by atoms with Crippen molar-refractivity contribution in [3.05, 3.63) is 46.3 Å². The molecule has 1 aliphatic rings. The summed E-state index contributed by atoms with van der Waals surface area (Å²) in [6.07, 6.45) is -7.71. The van der Waals surface area contributed by atoms with E-state index >= 15 is 0 Å². The highest BCUT2D eigenvalue weighted by atomic mass is 16.7. The number of fused-ring (bicyclic) bond motifs is 3. The van der Waals surface area contributed by atoms with Crippen LogP contribution in [0.15, 0.2) is 39.5 Å². The Balaban J connectivity index is 1.83. The fourth-order valence-corrected chi connectivity index (χ4v) is 3.68. The smallest absolute Gasteiger partial charge is 0.344 e. The molecule has 2 heterocycles. The van der Waals surface area contributed by atoms with Gasteiger partial charge in [-0.05, 0) is 24.3 Å². The van der Waals surface area contributed by atoms with Crippen LogP contribution >= 0.6 is 0 Å². The number of carboxylic acids is 1. The van der Waals surface area contributed by atoms with E-state index in [1.165, 1.54) is 25.3 Å². The highest BCUT2D eigenvalue weighted by molar-refractivity contribution is 6.14. The number of aromatic carboxylic acids is 1. The Morgan fingerprint density at radius 2 is 1.78 bits per heavy atom. The van der Waals surface area contributed by atoms with Gasteiger partial charge in [-0.15, -0.1) is 0 Å². The summed E-state index contributed by atoms with van der Waals surface area (Å²) >= 11 is 0. The average molecular weight is 448 g/mol. The van der Waals surface area contributed by atoms with Crippen molar-refractivity contribution in [2.45, 2.75) is 30.7 Å². The molecule has 0 saturated carbocycles. The van der Waals surface area contributed by atoms with E-state index in [9.17, 15) is 35.1 Å². The van der Waals surface area contributed by atoms with E-state index in [0.29, 0.717) is 11.1 Å². The third-order valence-corrected chi connectivity index (χ3v) is 5.33. The SMILES string of the molecule is COc1ccc2c(c1)c(=O)oc1cc(O[C@@H]3O[C@H](CO)[C@@H](O)[C@H](O)[C@H]3O)cc(C(=O)O)c12. The van der Waals surface area contributed by atoms with Crippen LogP contribution in [0.3, 0.4) is 0 Å². The van der Waals surface area contributed by atoms with E-state index in [0.717, 1.165) is 6.07 Å². The molecule has 0 unspecified atom stereocenters. The van der Waals surface area contributed by atoms with Gasteiger partial charge in [-0.2, -0.15) is 0 Å². The molecule has 4 rings (SSSR count). The highest BCUT2D eigenvalue weighted by Crippen LogP contribution is 2.33. The van der Waals surface area contributed by atoms with E-state index < -0.39 is 48.9 Å². The molecule has 5 atom stereocenters. The van der Waals surface area contributed by atoms with Gasteiger partial charge in [-0.1, -0.05) is 0 Å². The maximum atomic E-state index is 12.5. The first-order valence-corrected chi connectivity index (χ1v) is 9.54. The van der Waals surface area contributed by atoms with Crippen LogP contribution in [-0.4, -0.2) is 75.9 Å². The summed E-state index contributed by atoms with van der Waals surface area (Å²) in [5.74, 6) is -1.08. The number of aliphatic hydroxyl groups is 4. The predicted octanol–water partition coefficient (Wildman–Crippen LogP) is -0.168. The Morgan fingerprint density at radius 1 is 1.03 bits per heavy atom. The second-order valence-corrected chi connectivity index (χ2v) is 7.27. The van der Waals surface area contributed by atoms with Gasteiger partial charge in [0.2, 0.25) is 6.29 Å². The maximum Gasteiger partial charge on any atom is 0.344 e. The van der Waals surface area contributed by atoms with Crippen molar-refractivity contribution in [1.29, 1.82) is 0 Å². The summed E-state index contributed by atoms with van der Waals surface area (Å²) in [5.41, 5.74) is -1.07. The van der Waals surface area contributed by atoms with Gasteiger partial charge in [-0.25, -0.2) is 9.59 Å². The van der Waals surface area contributed by atoms with Crippen molar-refractivity contribution >= 4 is 27.7 Å². The van der Waals surface area contributed by atoms with E-state index in [2.05, 4.69) is 0 Å². The molecular weight excluding hydrogens is 428 g/mol. The van der Waals surface area contributed by atoms with E-state index in [1.807, 2.05) is 0 Å². The van der Waals surface area contributed by atoms with Crippen LogP contribution in [0.4, 0.5) is 0 Å². The zero-order valence-corrected chi connectivity index (χ0v) is 16.7. The lowest BCUT2D eigenvalue weighted by Crippen LogP contribution is -2.60. The van der Waals surface area contributed by atoms with Crippen LogP contribution in [0.25, 0.3) is 21.7 Å². The summed E-state index contributed by atoms with van der Waals surface area (Å²) in [6.45, 7) is -0.659. The van der Waals surface area contributed by atoms with Crippen molar-refractivity contribution in [3.8, 4) is 11.5 Å². The standard InChI is InChI=1S/C21H20O11/c1-29-8-2-3-10-11(4-8)20(28)31-13-6-9(5-12(15(10)13)19(26)27)30-21-18(25)17(24)16(23)14(7-22)32-21/h2-6,14,16-18,21-25H,7H2,1H3,(H,26,27)/t14-,16-,17+,18-,21-/m1/s1. The lowest BCUT2D eigenvalue weighted by Gasteiger charge is -2.39. The minimum atomic E-state index is -1.70. The molecule has 0 aliphatic carbocycles. The number of rotatable bonds is 5. The first-order chi connectivity index (χ1) is 15.2. The molecule has 0 spiro atoms. The topological polar surface area (TPSA) is 176 Å². The summed E-state index contributed by atoms with van der Waals surface area (Å²) in [5, 5.41) is 49.6. The number of carbonyl (C=O) groups is 1. The quantitative estimate of drug-likeness (QED) is 0.259. The number of ether oxygens (including phenoxy) is 3. The molecule has 0 radical (unpaired) electrons. The van der Waals surface area contributed by atoms with Crippen LogP contribution in [0.1, 0.15) is 10.4 Å². The molecule has 170 valence electrons. The molecule has 2 aromatic carbocycles. The van der Waals surface area contributed by atoms with Crippen molar-refractivity contribution in [2.75, 3.05) is 13.7 Å². The van der Waals surface area contributed by atoms with E-state index in [1.54, 1.807) is 6.07 Å². The lowest BCUT2D eigenvalue weighted by atomic mass is 9.99. The Labute approximate surface area is 179 Å². The van der Waals surface area contributed by atoms with Crippen molar-refractivity contribution in [1.82, 2.24) is 0 Å². The van der Waals surface area contributed by atoms with E-state index in [-0.39, 0.29) is 27.7 Å². The van der Waals surface area contributed by atoms with Crippen LogP contribution in [0.5, 0.6) is 11.5 Å². The summed E-state index contributed by atoms with van der Waals surface area (Å²) in [4.78, 5) is 24.5. The predicted molar refractivity (Wildman–Crippen MR) is 108 cm³/mol. The molecule has 0 bridgehead atoms. The lowest BCUT2D eigenvalue weighted by molar-refractivity contribution is -0.277. The molecule has 1 aromatic heterocycles. The van der Waals surface area contributed by atoms with Gasteiger partial charge in [-0.3, -0.25) is 0 Å². The number of carboxylic acid groups (broad SMARTS) is 1. The molecule has 3 aromatic rings. The summed E-state index contributed by atoms with van der Waals surface area (Å²) < 4.78 is 21.2. The number of benzene rings is 2. The first-order valence-electron chi connectivity index (χ1n) is 9.54. The van der Waals surface area contributed by atoms with Crippen LogP contribution in [0.2, 0.25) is 0 Å². The molecule has 5 N–H and O–H groups in total. The van der Waals surface area contributed by atoms with Crippen molar-refractivity contribution < 1.29 is 49.0 Å². The third-order valence-electron chi connectivity index (χ3n) is 5.33. The fraction of sp³-hybridized carbons (Fsp3) is 0.333. The summed E-state index contributed by atoms with van der Waals surface area (Å²) in [7, 11) is 1.43.